The van der Waals surface area contributed by atoms with Gasteiger partial charge in [0, 0.05) is 25.8 Å². The Labute approximate surface area is 201 Å². The Kier molecular flexibility index (Phi) is 8.57. The minimum atomic E-state index is -0.823. The topological polar surface area (TPSA) is 139 Å². The molecule has 1 saturated heterocycles. The molecule has 188 valence electrons. The van der Waals surface area contributed by atoms with Crippen LogP contribution in [-0.2, 0) is 16.6 Å². The van der Waals surface area contributed by atoms with E-state index in [1.54, 1.807) is 29.9 Å². The maximum Gasteiger partial charge on any atom is 0.315 e. The lowest BCUT2D eigenvalue weighted by atomic mass is 9.96. The van der Waals surface area contributed by atoms with Gasteiger partial charge in [0.05, 0.1) is 6.04 Å². The van der Waals surface area contributed by atoms with E-state index in [1.165, 1.54) is 11.3 Å². The first-order valence-corrected chi connectivity index (χ1v) is 12.2. The Balaban J connectivity index is 1.72. The van der Waals surface area contributed by atoms with Gasteiger partial charge in [-0.25, -0.2) is 4.79 Å². The van der Waals surface area contributed by atoms with Crippen LogP contribution in [0.3, 0.4) is 0 Å². The number of primary amides is 1. The molecule has 0 aromatic carbocycles. The van der Waals surface area contributed by atoms with Gasteiger partial charge in [-0.05, 0) is 43.7 Å². The van der Waals surface area contributed by atoms with Crippen molar-refractivity contribution in [2.24, 2.45) is 18.7 Å². The Morgan fingerprint density at radius 2 is 1.76 bits per heavy atom. The maximum atomic E-state index is 13.3. The van der Waals surface area contributed by atoms with Crippen LogP contribution in [0.1, 0.15) is 69.3 Å². The largest absolute Gasteiger partial charge is 0.368 e. The Bertz CT molecular complexity index is 892. The van der Waals surface area contributed by atoms with E-state index in [-0.39, 0.29) is 42.9 Å². The fraction of sp³-hybridized carbons (Fsp3) is 0.667. The van der Waals surface area contributed by atoms with E-state index in [1.807, 2.05) is 13.8 Å². The molecule has 1 saturated carbocycles. The minimum Gasteiger partial charge on any atom is -0.368 e. The number of aryl methyl sites for hydroxylation is 1. The number of rotatable bonds is 8. The van der Waals surface area contributed by atoms with Gasteiger partial charge in [0.25, 0.3) is 5.91 Å². The summed E-state index contributed by atoms with van der Waals surface area (Å²) >= 11 is 0. The van der Waals surface area contributed by atoms with Crippen molar-refractivity contribution in [2.45, 2.75) is 83.0 Å². The summed E-state index contributed by atoms with van der Waals surface area (Å²) in [6.45, 7) is 4.08. The van der Waals surface area contributed by atoms with Crippen LogP contribution in [0.2, 0.25) is 0 Å². The maximum absolute atomic E-state index is 13.3. The number of hydrogen-bond donors (Lipinski definition) is 4. The highest BCUT2D eigenvalue weighted by Crippen LogP contribution is 2.22. The second kappa shape index (κ2) is 11.4. The predicted molar refractivity (Wildman–Crippen MR) is 128 cm³/mol. The first-order chi connectivity index (χ1) is 16.2. The summed E-state index contributed by atoms with van der Waals surface area (Å²) < 4.78 is 1.69. The van der Waals surface area contributed by atoms with Crippen LogP contribution in [0.15, 0.2) is 18.3 Å². The fourth-order valence-electron chi connectivity index (χ4n) is 4.89. The SMILES string of the molecule is CC(C)CC(NC(=O)C1CC(NC(=O)NC2CCCCC2)CN1C(=O)c1cccn1C)C(N)=O. The lowest BCUT2D eigenvalue weighted by Gasteiger charge is -2.26. The molecule has 5 amide bonds. The zero-order chi connectivity index (χ0) is 24.8. The smallest absolute Gasteiger partial charge is 0.315 e. The molecule has 0 radical (unpaired) electrons. The number of nitrogens with zero attached hydrogens (tertiary/aromatic N) is 2. The van der Waals surface area contributed by atoms with Crippen molar-refractivity contribution in [1.29, 1.82) is 0 Å². The number of carbonyl (C=O) groups excluding carboxylic acids is 4. The van der Waals surface area contributed by atoms with Gasteiger partial charge in [0.15, 0.2) is 0 Å². The molecule has 3 unspecified atom stereocenters. The third kappa shape index (κ3) is 6.51. The molecule has 0 bridgehead atoms. The highest BCUT2D eigenvalue weighted by molar-refractivity contribution is 5.98. The van der Waals surface area contributed by atoms with Crippen LogP contribution in [0.25, 0.3) is 0 Å². The van der Waals surface area contributed by atoms with Crippen molar-refractivity contribution < 1.29 is 19.2 Å². The molecule has 2 heterocycles. The number of amides is 5. The number of aromatic nitrogens is 1. The Morgan fingerprint density at radius 1 is 1.09 bits per heavy atom. The number of carbonyl (C=O) groups is 4. The summed E-state index contributed by atoms with van der Waals surface area (Å²) in [5.41, 5.74) is 5.95. The number of nitrogens with one attached hydrogen (secondary N) is 3. The van der Waals surface area contributed by atoms with E-state index in [0.717, 1.165) is 25.7 Å². The van der Waals surface area contributed by atoms with Crippen molar-refractivity contribution in [1.82, 2.24) is 25.4 Å². The molecule has 10 nitrogen and oxygen atoms in total. The van der Waals surface area contributed by atoms with Gasteiger partial charge in [0.1, 0.15) is 17.8 Å². The molecule has 1 aliphatic heterocycles. The zero-order valence-corrected chi connectivity index (χ0v) is 20.4. The molecular weight excluding hydrogens is 436 g/mol. The molecule has 2 fully saturated rings. The van der Waals surface area contributed by atoms with E-state index in [2.05, 4.69) is 16.0 Å². The average molecular weight is 475 g/mol. The summed E-state index contributed by atoms with van der Waals surface area (Å²) in [5.74, 6) is -1.20. The highest BCUT2D eigenvalue weighted by Gasteiger charge is 2.42. The second-order valence-corrected chi connectivity index (χ2v) is 9.96. The van der Waals surface area contributed by atoms with Gasteiger partial charge >= 0.3 is 6.03 Å². The third-order valence-corrected chi connectivity index (χ3v) is 6.67. The molecule has 1 aromatic heterocycles. The van der Waals surface area contributed by atoms with E-state index >= 15 is 0 Å². The van der Waals surface area contributed by atoms with Gasteiger partial charge < -0.3 is 31.2 Å². The average Bonchev–Trinajstić information content (AvgIpc) is 3.39. The lowest BCUT2D eigenvalue weighted by molar-refractivity contribution is -0.130. The summed E-state index contributed by atoms with van der Waals surface area (Å²) in [5, 5.41) is 8.69. The second-order valence-electron chi connectivity index (χ2n) is 9.96. The van der Waals surface area contributed by atoms with Gasteiger partial charge in [0.2, 0.25) is 11.8 Å². The van der Waals surface area contributed by atoms with Gasteiger partial charge in [-0.2, -0.15) is 0 Å². The molecule has 10 heteroatoms. The summed E-state index contributed by atoms with van der Waals surface area (Å²) in [6, 6.07) is 1.30. The van der Waals surface area contributed by atoms with E-state index in [0.29, 0.717) is 12.1 Å². The highest BCUT2D eigenvalue weighted by atomic mass is 16.2. The number of hydrogen-bond acceptors (Lipinski definition) is 4. The first kappa shape index (κ1) is 25.6. The van der Waals surface area contributed by atoms with E-state index in [4.69, 9.17) is 5.73 Å². The van der Waals surface area contributed by atoms with Crippen LogP contribution in [-0.4, -0.2) is 63.9 Å². The molecule has 0 spiro atoms. The predicted octanol–water partition coefficient (Wildman–Crippen LogP) is 1.26. The van der Waals surface area contributed by atoms with Gasteiger partial charge in [-0.15, -0.1) is 0 Å². The Hall–Kier alpha value is -3.04. The van der Waals surface area contributed by atoms with Crippen LogP contribution < -0.4 is 21.7 Å². The third-order valence-electron chi connectivity index (χ3n) is 6.67. The van der Waals surface area contributed by atoms with Crippen LogP contribution in [0, 0.1) is 5.92 Å². The molecule has 5 N–H and O–H groups in total. The Morgan fingerprint density at radius 3 is 2.35 bits per heavy atom. The molecule has 2 aliphatic rings. The summed E-state index contributed by atoms with van der Waals surface area (Å²) in [7, 11) is 1.76. The molecule has 1 aliphatic carbocycles. The van der Waals surface area contributed by atoms with Gasteiger partial charge in [-0.1, -0.05) is 33.1 Å². The first-order valence-electron chi connectivity index (χ1n) is 12.2. The normalized spacial score (nSPS) is 21.8. The standard InChI is InChI=1S/C24H38N6O4/c1-15(2)12-18(21(25)31)28-22(32)20-13-17(27-24(34)26-16-8-5-4-6-9-16)14-30(20)23(33)19-10-7-11-29(19)3/h7,10-11,15-18,20H,4-6,8-9,12-14H2,1-3H3,(H2,25,31)(H,28,32)(H2,26,27,34). The van der Waals surface area contributed by atoms with Crippen molar-refractivity contribution >= 4 is 23.8 Å². The lowest BCUT2D eigenvalue weighted by Crippen LogP contribution is -2.52. The molecule has 3 rings (SSSR count). The summed E-state index contributed by atoms with van der Waals surface area (Å²) in [6.07, 6.45) is 7.76. The molecule has 1 aromatic rings. The van der Waals surface area contributed by atoms with Gasteiger partial charge in [-0.3, -0.25) is 14.4 Å². The molecule has 3 atom stereocenters. The van der Waals surface area contributed by atoms with Crippen molar-refractivity contribution in [3.63, 3.8) is 0 Å². The molecule has 34 heavy (non-hydrogen) atoms. The quantitative estimate of drug-likeness (QED) is 0.450. The fourth-order valence-corrected chi connectivity index (χ4v) is 4.89. The van der Waals surface area contributed by atoms with E-state index in [9.17, 15) is 19.2 Å². The monoisotopic (exact) mass is 474 g/mol. The van der Waals surface area contributed by atoms with Crippen LogP contribution in [0.4, 0.5) is 4.79 Å². The summed E-state index contributed by atoms with van der Waals surface area (Å²) in [4.78, 5) is 52.5. The number of nitrogens with two attached hydrogens (primary N) is 1. The minimum absolute atomic E-state index is 0.153. The van der Waals surface area contributed by atoms with E-state index < -0.39 is 23.9 Å². The van der Waals surface area contributed by atoms with Crippen molar-refractivity contribution in [2.75, 3.05) is 6.54 Å². The number of likely N-dealkylation sites (tertiary alicyclic amines) is 1. The van der Waals surface area contributed by atoms with Crippen LogP contribution in [0.5, 0.6) is 0 Å². The van der Waals surface area contributed by atoms with Crippen molar-refractivity contribution in [3.8, 4) is 0 Å². The molecular formula is C24H38N6O4. The number of urea groups is 1. The zero-order valence-electron chi connectivity index (χ0n) is 20.4. The van der Waals surface area contributed by atoms with Crippen LogP contribution >= 0.6 is 0 Å². The van der Waals surface area contributed by atoms with Crippen molar-refractivity contribution in [3.05, 3.63) is 24.0 Å².